The highest BCUT2D eigenvalue weighted by molar-refractivity contribution is 7.89. The Kier molecular flexibility index (Phi) is 7.03. The molecule has 0 atom stereocenters. The number of carbonyl (C=O) groups is 1. The molecule has 2 N–H and O–H groups in total. The zero-order chi connectivity index (χ0) is 24.3. The lowest BCUT2D eigenvalue weighted by Gasteiger charge is -2.21. The second kappa shape index (κ2) is 9.97. The molecule has 3 aromatic carbocycles. The van der Waals surface area contributed by atoms with E-state index in [4.69, 9.17) is 16.7 Å². The Bertz CT molecular complexity index is 1360. The Morgan fingerprint density at radius 2 is 1.53 bits per heavy atom. The third-order valence-electron chi connectivity index (χ3n) is 5.80. The van der Waals surface area contributed by atoms with Crippen LogP contribution in [-0.2, 0) is 27.7 Å². The molecule has 0 unspecified atom stereocenters. The number of amides is 1. The summed E-state index contributed by atoms with van der Waals surface area (Å²) < 4.78 is 23.0. The Balaban J connectivity index is 1.62. The minimum Gasteiger partial charge on any atom is -0.307 e. The average Bonchev–Trinajstić information content (AvgIpc) is 3.14. The first kappa shape index (κ1) is 24.0. The van der Waals surface area contributed by atoms with Gasteiger partial charge in [0.15, 0.2) is 0 Å². The first-order valence-electron chi connectivity index (χ1n) is 11.0. The van der Waals surface area contributed by atoms with E-state index in [1.807, 2.05) is 36.4 Å². The second-order valence-corrected chi connectivity index (χ2v) is 10.1. The molecule has 0 bridgehead atoms. The standard InChI is InChI=1S/C27H25ClN2O3S/c1-2-19-3-9-22(10-4-19)26-18-23(17-21-5-11-24(28)12-6-21)27(31)30(26)16-15-20-7-13-25(14-8-20)34(29,32)33/h3-14,17-18H,2,15-16H2,1H3,(H2,29,32,33)/b23-17-. The highest BCUT2D eigenvalue weighted by atomic mass is 35.5. The van der Waals surface area contributed by atoms with Crippen LogP contribution in [0.25, 0.3) is 11.8 Å². The number of rotatable bonds is 7. The van der Waals surface area contributed by atoms with Gasteiger partial charge in [-0.2, -0.15) is 0 Å². The fourth-order valence-corrected chi connectivity index (χ4v) is 4.49. The molecule has 1 amide bonds. The van der Waals surface area contributed by atoms with Gasteiger partial charge in [0, 0.05) is 17.1 Å². The van der Waals surface area contributed by atoms with Crippen molar-refractivity contribution in [3.05, 3.63) is 112 Å². The van der Waals surface area contributed by atoms with Crippen LogP contribution in [0.4, 0.5) is 0 Å². The van der Waals surface area contributed by atoms with Crippen molar-refractivity contribution in [1.82, 2.24) is 4.90 Å². The number of nitrogens with two attached hydrogens (primary N) is 1. The van der Waals surface area contributed by atoms with E-state index in [2.05, 4.69) is 19.1 Å². The van der Waals surface area contributed by atoms with Gasteiger partial charge in [0.05, 0.1) is 10.6 Å². The van der Waals surface area contributed by atoms with Crippen molar-refractivity contribution in [3.8, 4) is 0 Å². The van der Waals surface area contributed by atoms with E-state index in [-0.39, 0.29) is 10.8 Å². The van der Waals surface area contributed by atoms with Crippen LogP contribution in [-0.4, -0.2) is 25.8 Å². The molecule has 5 nitrogen and oxygen atoms in total. The summed E-state index contributed by atoms with van der Waals surface area (Å²) >= 11 is 5.99. The number of halogens is 1. The lowest BCUT2D eigenvalue weighted by molar-refractivity contribution is -0.122. The van der Waals surface area contributed by atoms with Crippen molar-refractivity contribution in [2.75, 3.05) is 6.54 Å². The van der Waals surface area contributed by atoms with Crippen LogP contribution < -0.4 is 5.14 Å². The summed E-state index contributed by atoms with van der Waals surface area (Å²) in [6, 6.07) is 22.0. The van der Waals surface area contributed by atoms with Crippen molar-refractivity contribution in [2.24, 2.45) is 5.14 Å². The van der Waals surface area contributed by atoms with E-state index < -0.39 is 10.0 Å². The van der Waals surface area contributed by atoms with Crippen LogP contribution in [0.1, 0.15) is 29.2 Å². The molecule has 7 heteroatoms. The van der Waals surface area contributed by atoms with Crippen molar-refractivity contribution >= 4 is 39.3 Å². The summed E-state index contributed by atoms with van der Waals surface area (Å²) in [7, 11) is -3.74. The first-order chi connectivity index (χ1) is 16.2. The van der Waals surface area contributed by atoms with E-state index in [0.29, 0.717) is 23.6 Å². The van der Waals surface area contributed by atoms with Crippen molar-refractivity contribution in [1.29, 1.82) is 0 Å². The maximum Gasteiger partial charge on any atom is 0.258 e. The third kappa shape index (κ3) is 5.47. The SMILES string of the molecule is CCc1ccc(C2=C/C(=C/c3ccc(Cl)cc3)C(=O)N2CCc2ccc(S(N)(=O)=O)cc2)cc1. The van der Waals surface area contributed by atoms with Gasteiger partial charge in [-0.25, -0.2) is 13.6 Å². The molecule has 174 valence electrons. The molecule has 1 aliphatic rings. The summed E-state index contributed by atoms with van der Waals surface area (Å²) in [5, 5.41) is 5.83. The summed E-state index contributed by atoms with van der Waals surface area (Å²) in [5.41, 5.74) is 5.44. The summed E-state index contributed by atoms with van der Waals surface area (Å²) in [4.78, 5) is 15.2. The van der Waals surface area contributed by atoms with Crippen molar-refractivity contribution in [2.45, 2.75) is 24.7 Å². The van der Waals surface area contributed by atoms with E-state index >= 15 is 0 Å². The Labute approximate surface area is 205 Å². The quantitative estimate of drug-likeness (QED) is 0.468. The van der Waals surface area contributed by atoms with Crippen LogP contribution in [0, 0.1) is 0 Å². The van der Waals surface area contributed by atoms with Gasteiger partial charge in [0.1, 0.15) is 0 Å². The molecule has 3 aromatic rings. The van der Waals surface area contributed by atoms with Crippen molar-refractivity contribution in [3.63, 3.8) is 0 Å². The fourth-order valence-electron chi connectivity index (χ4n) is 3.85. The number of hydrogen-bond acceptors (Lipinski definition) is 3. The monoisotopic (exact) mass is 492 g/mol. The van der Waals surface area contributed by atoms with Gasteiger partial charge in [-0.05, 0) is 71.5 Å². The molecule has 0 radical (unpaired) electrons. The van der Waals surface area contributed by atoms with Gasteiger partial charge >= 0.3 is 0 Å². The average molecular weight is 493 g/mol. The molecule has 1 heterocycles. The van der Waals surface area contributed by atoms with Crippen LogP contribution in [0.2, 0.25) is 5.02 Å². The zero-order valence-electron chi connectivity index (χ0n) is 18.7. The van der Waals surface area contributed by atoms with Gasteiger partial charge in [-0.1, -0.05) is 67.1 Å². The highest BCUT2D eigenvalue weighted by Gasteiger charge is 2.28. The molecular formula is C27H25ClN2O3S. The van der Waals surface area contributed by atoms with Gasteiger partial charge < -0.3 is 4.90 Å². The molecule has 0 aromatic heterocycles. The Morgan fingerprint density at radius 3 is 2.12 bits per heavy atom. The maximum atomic E-state index is 13.4. The van der Waals surface area contributed by atoms with Gasteiger partial charge in [0.2, 0.25) is 10.0 Å². The molecule has 0 saturated heterocycles. The molecule has 34 heavy (non-hydrogen) atoms. The molecule has 4 rings (SSSR count). The number of benzene rings is 3. The lowest BCUT2D eigenvalue weighted by atomic mass is 10.1. The summed E-state index contributed by atoms with van der Waals surface area (Å²) in [6.45, 7) is 2.56. The predicted molar refractivity (Wildman–Crippen MR) is 136 cm³/mol. The molecule has 0 saturated carbocycles. The molecule has 0 fully saturated rings. The molecule has 1 aliphatic heterocycles. The van der Waals surface area contributed by atoms with Crippen LogP contribution in [0.15, 0.2) is 89.3 Å². The zero-order valence-corrected chi connectivity index (χ0v) is 20.3. The number of primary sulfonamides is 1. The number of carbonyl (C=O) groups excluding carboxylic acids is 1. The molecule has 0 aliphatic carbocycles. The molecule has 0 spiro atoms. The molecular weight excluding hydrogens is 468 g/mol. The van der Waals surface area contributed by atoms with E-state index in [1.165, 1.54) is 17.7 Å². The first-order valence-corrected chi connectivity index (χ1v) is 12.9. The minimum atomic E-state index is -3.74. The van der Waals surface area contributed by atoms with Crippen LogP contribution >= 0.6 is 11.6 Å². The number of aryl methyl sites for hydroxylation is 1. The van der Waals surface area contributed by atoms with Gasteiger partial charge in [0.25, 0.3) is 5.91 Å². The van der Waals surface area contributed by atoms with E-state index in [1.54, 1.807) is 29.2 Å². The largest absolute Gasteiger partial charge is 0.307 e. The lowest BCUT2D eigenvalue weighted by Crippen LogP contribution is -2.27. The smallest absolute Gasteiger partial charge is 0.258 e. The topological polar surface area (TPSA) is 80.5 Å². The van der Waals surface area contributed by atoms with Gasteiger partial charge in [-0.15, -0.1) is 0 Å². The summed E-state index contributed by atoms with van der Waals surface area (Å²) in [6.07, 6.45) is 5.29. The predicted octanol–water partition coefficient (Wildman–Crippen LogP) is 5.06. The van der Waals surface area contributed by atoms with Gasteiger partial charge in [-0.3, -0.25) is 4.79 Å². The minimum absolute atomic E-state index is 0.0679. The third-order valence-corrected chi connectivity index (χ3v) is 6.98. The number of hydrogen-bond donors (Lipinski definition) is 1. The maximum absolute atomic E-state index is 13.4. The Hall–Kier alpha value is -3.19. The van der Waals surface area contributed by atoms with E-state index in [0.717, 1.165) is 28.8 Å². The van der Waals surface area contributed by atoms with Crippen molar-refractivity contribution < 1.29 is 13.2 Å². The van der Waals surface area contributed by atoms with Crippen LogP contribution in [0.3, 0.4) is 0 Å². The normalized spacial score (nSPS) is 15.1. The number of sulfonamides is 1. The fraction of sp³-hybridized carbons (Fsp3) is 0.148. The second-order valence-electron chi connectivity index (χ2n) is 8.13. The highest BCUT2D eigenvalue weighted by Crippen LogP contribution is 2.31. The van der Waals surface area contributed by atoms with E-state index in [9.17, 15) is 13.2 Å². The van der Waals surface area contributed by atoms with Crippen LogP contribution in [0.5, 0.6) is 0 Å². The number of nitrogens with zero attached hydrogens (tertiary/aromatic N) is 1. The summed E-state index contributed by atoms with van der Waals surface area (Å²) in [5.74, 6) is -0.0781. The Morgan fingerprint density at radius 1 is 0.912 bits per heavy atom.